The molecule has 1 heterocycles. The van der Waals surface area contributed by atoms with Crippen LogP contribution in [0.3, 0.4) is 0 Å². The fraction of sp³-hybridized carbons (Fsp3) is 0.292. The smallest absolute Gasteiger partial charge is 0.440 e. The van der Waals surface area contributed by atoms with Crippen LogP contribution in [0, 0.1) is 0 Å². The molecule has 196 valence electrons. The van der Waals surface area contributed by atoms with Gasteiger partial charge in [0.15, 0.2) is 0 Å². The molecule has 37 heavy (non-hydrogen) atoms. The molecule has 0 fully saturated rings. The number of rotatable bonds is 8. The number of nitrogens with two attached hydrogens (primary N) is 1. The van der Waals surface area contributed by atoms with Crippen LogP contribution in [0.1, 0.15) is 59.6 Å². The van der Waals surface area contributed by atoms with Crippen molar-refractivity contribution in [3.05, 3.63) is 71.3 Å². The Labute approximate surface area is 213 Å². The second kappa shape index (κ2) is 10.9. The first kappa shape index (κ1) is 27.5. The third-order valence-electron chi connectivity index (χ3n) is 5.10. The molecule has 3 rings (SSSR count). The van der Waals surface area contributed by atoms with Gasteiger partial charge in [-0.1, -0.05) is 47.5 Å². The van der Waals surface area contributed by atoms with Crippen LogP contribution in [0.25, 0.3) is 0 Å². The summed E-state index contributed by atoms with van der Waals surface area (Å²) in [6, 6.07) is 14.7. The fourth-order valence-corrected chi connectivity index (χ4v) is 5.52. The number of carbonyl (C=O) groups excluding carboxylic acids is 5. The molecule has 0 saturated heterocycles. The number of hydrogen-bond donors (Lipinski definition) is 2. The maximum atomic E-state index is 13.4. The zero-order valence-corrected chi connectivity index (χ0v) is 21.2. The summed E-state index contributed by atoms with van der Waals surface area (Å²) in [7, 11) is -3.84. The molecule has 0 aromatic heterocycles. The zero-order valence-electron chi connectivity index (χ0n) is 20.3. The Morgan fingerprint density at radius 3 is 2.14 bits per heavy atom. The summed E-state index contributed by atoms with van der Waals surface area (Å²) in [5.41, 5.74) is 5.31. The van der Waals surface area contributed by atoms with Crippen molar-refractivity contribution in [2.45, 2.75) is 38.8 Å². The third-order valence-corrected chi connectivity index (χ3v) is 7.20. The molecule has 0 radical (unpaired) electrons. The highest BCUT2D eigenvalue weighted by Crippen LogP contribution is 2.24. The number of nitrogens with one attached hydrogen (secondary N) is 1. The van der Waals surface area contributed by atoms with Crippen molar-refractivity contribution < 1.29 is 37.8 Å². The van der Waals surface area contributed by atoms with E-state index in [2.05, 4.69) is 9.08 Å². The topological polar surface area (TPSA) is 175 Å². The van der Waals surface area contributed by atoms with E-state index >= 15 is 0 Å². The van der Waals surface area contributed by atoms with Gasteiger partial charge < -0.3 is 15.3 Å². The Hall–Kier alpha value is -4.10. The highest BCUT2D eigenvalue weighted by Gasteiger charge is 2.40. The summed E-state index contributed by atoms with van der Waals surface area (Å²) < 4.78 is 24.2. The van der Waals surface area contributed by atoms with E-state index in [0.717, 1.165) is 6.92 Å². The van der Waals surface area contributed by atoms with E-state index in [4.69, 9.17) is 15.3 Å². The van der Waals surface area contributed by atoms with E-state index in [0.29, 0.717) is 10.6 Å². The van der Waals surface area contributed by atoms with Crippen molar-refractivity contribution in [1.82, 2.24) is 9.79 Å². The Kier molecular flexibility index (Phi) is 8.09. The fourth-order valence-electron chi connectivity index (χ4n) is 3.61. The average molecular weight is 531 g/mol. The van der Waals surface area contributed by atoms with Crippen molar-refractivity contribution in [2.75, 3.05) is 5.75 Å². The molecule has 2 aromatic rings. The van der Waals surface area contributed by atoms with Crippen molar-refractivity contribution in [1.29, 1.82) is 0 Å². The predicted molar refractivity (Wildman–Crippen MR) is 131 cm³/mol. The Morgan fingerprint density at radius 2 is 1.59 bits per heavy atom. The number of imide groups is 1. The van der Waals surface area contributed by atoms with Crippen molar-refractivity contribution >= 4 is 39.7 Å². The van der Waals surface area contributed by atoms with Gasteiger partial charge in [0.05, 0.1) is 23.3 Å². The van der Waals surface area contributed by atoms with E-state index < -0.39 is 63.5 Å². The Morgan fingerprint density at radius 1 is 1.05 bits per heavy atom. The first-order valence-corrected chi connectivity index (χ1v) is 12.7. The van der Waals surface area contributed by atoms with Gasteiger partial charge in [-0.05, 0) is 31.5 Å². The number of hydrogen-bond acceptors (Lipinski definition) is 9. The second-order valence-corrected chi connectivity index (χ2v) is 10.7. The molecule has 12 nitrogen and oxygen atoms in total. The van der Waals surface area contributed by atoms with Crippen LogP contribution in [0.4, 0.5) is 4.79 Å². The number of hydroxylamine groups is 2. The SMILES string of the molecule is CC(=O)NS(=O)(CC(C)(N)CC(=O)ON1C(=O)c2ccccc2C1=O)=NC(=O)O[C@@H](C)c1ccccc1. The maximum Gasteiger partial charge on any atom is 0.443 e. The first-order chi connectivity index (χ1) is 17.3. The summed E-state index contributed by atoms with van der Waals surface area (Å²) in [5.74, 6) is -4.13. The average Bonchev–Trinajstić information content (AvgIpc) is 3.02. The summed E-state index contributed by atoms with van der Waals surface area (Å²) in [6.45, 7) is 3.97. The lowest BCUT2D eigenvalue weighted by atomic mass is 10.0. The Balaban J connectivity index is 1.71. The molecule has 0 aliphatic carbocycles. The lowest BCUT2D eigenvalue weighted by Gasteiger charge is -2.25. The van der Waals surface area contributed by atoms with Gasteiger partial charge in [0.25, 0.3) is 11.8 Å². The van der Waals surface area contributed by atoms with Gasteiger partial charge in [-0.2, -0.15) is 0 Å². The van der Waals surface area contributed by atoms with Crippen LogP contribution >= 0.6 is 0 Å². The van der Waals surface area contributed by atoms with Gasteiger partial charge >= 0.3 is 12.1 Å². The number of carbonyl (C=O) groups is 5. The highest BCUT2D eigenvalue weighted by atomic mass is 32.2. The van der Waals surface area contributed by atoms with Crippen molar-refractivity contribution in [2.24, 2.45) is 10.1 Å². The van der Waals surface area contributed by atoms with Crippen LogP contribution < -0.4 is 10.5 Å². The largest absolute Gasteiger partial charge is 0.443 e. The molecule has 0 spiro atoms. The normalized spacial score (nSPS) is 16.6. The maximum absolute atomic E-state index is 13.4. The van der Waals surface area contributed by atoms with E-state index in [9.17, 15) is 28.2 Å². The quantitative estimate of drug-likeness (QED) is 0.485. The van der Waals surface area contributed by atoms with E-state index in [-0.39, 0.29) is 11.1 Å². The van der Waals surface area contributed by atoms with Crippen LogP contribution in [-0.4, -0.2) is 50.3 Å². The molecule has 2 unspecified atom stereocenters. The zero-order chi connectivity index (χ0) is 27.4. The minimum atomic E-state index is -3.84. The standard InChI is InChI=1S/C24H26N4O8S/c1-15(17-9-5-4-6-10-17)35-23(33)27-37(34,26-16(2)29)14-24(3,25)13-20(30)36-28-21(31)18-11-7-8-12-19(18)22(28)32/h4-12,15H,13-14,25H2,1-3H3,(H,26,27,29,33,34)/t15-,24?,37?/m0/s1. The summed E-state index contributed by atoms with van der Waals surface area (Å²) >= 11 is 0. The minimum Gasteiger partial charge on any atom is -0.440 e. The molecule has 1 aliphatic rings. The molecular weight excluding hydrogens is 504 g/mol. The molecule has 1 aliphatic heterocycles. The molecule has 3 atom stereocenters. The monoisotopic (exact) mass is 530 g/mol. The van der Waals surface area contributed by atoms with Crippen LogP contribution in [0.5, 0.6) is 0 Å². The van der Waals surface area contributed by atoms with Crippen LogP contribution in [-0.2, 0) is 29.1 Å². The number of benzene rings is 2. The van der Waals surface area contributed by atoms with Crippen LogP contribution in [0.15, 0.2) is 59.0 Å². The molecule has 3 N–H and O–H groups in total. The lowest BCUT2D eigenvalue weighted by Crippen LogP contribution is -2.49. The van der Waals surface area contributed by atoms with Gasteiger partial charge in [0.1, 0.15) is 16.0 Å². The van der Waals surface area contributed by atoms with Gasteiger partial charge in [0, 0.05) is 12.5 Å². The molecular formula is C24H26N4O8S. The molecule has 0 saturated carbocycles. The van der Waals surface area contributed by atoms with Gasteiger partial charge in [-0.15, -0.1) is 4.36 Å². The van der Waals surface area contributed by atoms with E-state index in [1.165, 1.54) is 19.1 Å². The van der Waals surface area contributed by atoms with E-state index in [1.54, 1.807) is 49.4 Å². The van der Waals surface area contributed by atoms with Crippen LogP contribution in [0.2, 0.25) is 0 Å². The minimum absolute atomic E-state index is 0.0755. The molecule has 13 heteroatoms. The third kappa shape index (κ3) is 6.98. The number of amides is 4. The predicted octanol–water partition coefficient (Wildman–Crippen LogP) is 2.27. The van der Waals surface area contributed by atoms with Crippen molar-refractivity contribution in [3.8, 4) is 0 Å². The summed E-state index contributed by atoms with van der Waals surface area (Å²) in [5, 5.41) is 0.320. The Bertz CT molecular complexity index is 1330. The van der Waals surface area contributed by atoms with Crippen molar-refractivity contribution in [3.63, 3.8) is 0 Å². The second-order valence-electron chi connectivity index (χ2n) is 8.72. The highest BCUT2D eigenvalue weighted by molar-refractivity contribution is 7.92. The number of nitrogens with zero attached hydrogens (tertiary/aromatic N) is 2. The van der Waals surface area contributed by atoms with E-state index in [1.807, 2.05) is 0 Å². The van der Waals surface area contributed by atoms with Gasteiger partial charge in [-0.25, -0.2) is 13.8 Å². The molecule has 0 bridgehead atoms. The molecule has 2 aromatic carbocycles. The summed E-state index contributed by atoms with van der Waals surface area (Å²) in [6.07, 6.45) is -2.57. The first-order valence-electron chi connectivity index (χ1n) is 11.1. The van der Waals surface area contributed by atoms with Gasteiger partial charge in [0.2, 0.25) is 5.91 Å². The van der Waals surface area contributed by atoms with Gasteiger partial charge in [-0.3, -0.25) is 19.1 Å². The summed E-state index contributed by atoms with van der Waals surface area (Å²) in [4.78, 5) is 66.4. The lowest BCUT2D eigenvalue weighted by molar-refractivity contribution is -0.169. The number of ether oxygens (including phenoxy) is 1. The number of fused-ring (bicyclic) bond motifs is 1. The molecule has 4 amide bonds.